The number of hydrogen-bond donors (Lipinski definition) is 2. The number of benzene rings is 2. The van der Waals surface area contributed by atoms with Crippen molar-refractivity contribution in [3.63, 3.8) is 0 Å². The molecule has 0 fully saturated rings. The number of aromatic amines is 1. The highest BCUT2D eigenvalue weighted by molar-refractivity contribution is 8.93. The summed E-state index contributed by atoms with van der Waals surface area (Å²) in [5.41, 5.74) is 9.96. The van der Waals surface area contributed by atoms with Gasteiger partial charge in [0, 0.05) is 25.5 Å². The number of halogens is 1. The number of nitrogens with one attached hydrogen (secondary N) is 2. The molecule has 3 aromatic heterocycles. The Balaban J connectivity index is 0.00000302. The molecule has 0 bridgehead atoms. The first-order valence-corrected chi connectivity index (χ1v) is 14.7. The normalized spacial score (nSPS) is 18.1. The van der Waals surface area contributed by atoms with Gasteiger partial charge in [-0.1, -0.05) is 48.5 Å². The average molecular weight is 610 g/mol. The first-order chi connectivity index (χ1) is 19.8. The predicted molar refractivity (Wildman–Crippen MR) is 169 cm³/mol. The number of H-pyrrole nitrogens is 1. The summed E-state index contributed by atoms with van der Waals surface area (Å²) in [5.74, 6) is 1.01. The van der Waals surface area contributed by atoms with E-state index in [9.17, 15) is 0 Å². The lowest BCUT2D eigenvalue weighted by Crippen LogP contribution is -2.31. The van der Waals surface area contributed by atoms with E-state index in [1.54, 1.807) is 0 Å². The molecule has 2 aromatic carbocycles. The molecule has 6 nitrogen and oxygen atoms in total. The molecule has 5 aromatic rings. The van der Waals surface area contributed by atoms with Crippen LogP contribution in [-0.2, 0) is 32.5 Å². The van der Waals surface area contributed by atoms with E-state index in [4.69, 9.17) is 9.97 Å². The molecule has 0 saturated carbocycles. The molecule has 3 heterocycles. The summed E-state index contributed by atoms with van der Waals surface area (Å²) in [6.45, 7) is 2.46. The average Bonchev–Trinajstić information content (AvgIpc) is 3.42. The third-order valence-electron chi connectivity index (χ3n) is 8.55. The Labute approximate surface area is 252 Å². The van der Waals surface area contributed by atoms with E-state index >= 15 is 0 Å². The van der Waals surface area contributed by atoms with E-state index in [2.05, 4.69) is 86.9 Å². The van der Waals surface area contributed by atoms with Crippen LogP contribution in [0.25, 0.3) is 11.0 Å². The van der Waals surface area contributed by atoms with Crippen molar-refractivity contribution in [1.29, 1.82) is 0 Å². The summed E-state index contributed by atoms with van der Waals surface area (Å²) in [4.78, 5) is 20.6. The molecule has 0 amide bonds. The van der Waals surface area contributed by atoms with Gasteiger partial charge < -0.3 is 10.3 Å². The lowest BCUT2D eigenvalue weighted by molar-refractivity contribution is 0.153. The second kappa shape index (κ2) is 12.6. The standard InChI is InChI=1S/C34H36N6.BrH/c1-2-12-29-28(11-1)38-32(39-29)23-40(31-14-4-8-27-10-6-20-36-34(27)31)22-25-17-15-24(16-18-25)21-37-30-13-3-7-26-9-5-19-35-33(26)30;/h1-2,5-6,9-12,15-20,30-31,37H,3-4,7-8,13-14,21-23H2,(H,38,39);1H. The van der Waals surface area contributed by atoms with E-state index in [1.807, 2.05) is 18.5 Å². The number of imidazole rings is 1. The van der Waals surface area contributed by atoms with Crippen LogP contribution in [0.4, 0.5) is 0 Å². The van der Waals surface area contributed by atoms with Crippen LogP contribution in [0.5, 0.6) is 0 Å². The second-order valence-corrected chi connectivity index (χ2v) is 11.3. The van der Waals surface area contributed by atoms with Crippen LogP contribution in [0.2, 0.25) is 0 Å². The zero-order valence-electron chi connectivity index (χ0n) is 23.3. The van der Waals surface area contributed by atoms with Crippen molar-refractivity contribution < 1.29 is 0 Å². The number of hydrogen-bond acceptors (Lipinski definition) is 5. The van der Waals surface area contributed by atoms with Crippen molar-refractivity contribution in [2.45, 2.75) is 70.2 Å². The second-order valence-electron chi connectivity index (χ2n) is 11.3. The molecule has 0 radical (unpaired) electrons. The lowest BCUT2D eigenvalue weighted by atomic mass is 9.90. The van der Waals surface area contributed by atoms with Crippen LogP contribution >= 0.6 is 17.0 Å². The van der Waals surface area contributed by atoms with E-state index < -0.39 is 0 Å². The first kappa shape index (κ1) is 27.8. The van der Waals surface area contributed by atoms with Crippen molar-refractivity contribution in [2.75, 3.05) is 0 Å². The minimum absolute atomic E-state index is 0. The quantitative estimate of drug-likeness (QED) is 0.195. The summed E-state index contributed by atoms with van der Waals surface area (Å²) in [6, 6.07) is 26.6. The molecule has 7 rings (SSSR count). The van der Waals surface area contributed by atoms with Crippen molar-refractivity contribution in [3.8, 4) is 0 Å². The van der Waals surface area contributed by atoms with E-state index in [0.717, 1.165) is 62.2 Å². The maximum atomic E-state index is 4.91. The maximum absolute atomic E-state index is 4.91. The maximum Gasteiger partial charge on any atom is 0.121 e. The monoisotopic (exact) mass is 608 g/mol. The summed E-state index contributed by atoms with van der Waals surface area (Å²) >= 11 is 0. The Morgan fingerprint density at radius 2 is 1.46 bits per heavy atom. The molecular weight excluding hydrogens is 572 g/mol. The minimum Gasteiger partial charge on any atom is -0.341 e. The molecule has 2 atom stereocenters. The molecular formula is C34H37BrN6. The Morgan fingerprint density at radius 1 is 0.756 bits per heavy atom. The van der Waals surface area contributed by atoms with Gasteiger partial charge in [-0.25, -0.2) is 4.98 Å². The summed E-state index contributed by atoms with van der Waals surface area (Å²) in [6.07, 6.45) is 10.8. The van der Waals surface area contributed by atoms with Crippen LogP contribution in [0.1, 0.15) is 77.2 Å². The van der Waals surface area contributed by atoms with E-state index in [0.29, 0.717) is 6.04 Å². The Kier molecular flexibility index (Phi) is 8.56. The molecule has 2 N–H and O–H groups in total. The van der Waals surface area contributed by atoms with Gasteiger partial charge in [-0.15, -0.1) is 17.0 Å². The highest BCUT2D eigenvalue weighted by Gasteiger charge is 2.28. The van der Waals surface area contributed by atoms with Gasteiger partial charge in [-0.3, -0.25) is 14.9 Å². The minimum atomic E-state index is 0. The number of rotatable bonds is 8. The SMILES string of the molecule is Br.c1cnc2c(c1)CCCC2NCc1ccc(CN(Cc2nc3ccccc3[nH]2)C2CCCc3cccnc32)cc1. The van der Waals surface area contributed by atoms with Gasteiger partial charge in [0.15, 0.2) is 0 Å². The molecule has 2 aliphatic rings. The summed E-state index contributed by atoms with van der Waals surface area (Å²) in [5, 5.41) is 3.77. The van der Waals surface area contributed by atoms with Gasteiger partial charge in [0.2, 0.25) is 0 Å². The molecule has 0 aliphatic heterocycles. The highest BCUT2D eigenvalue weighted by Crippen LogP contribution is 2.35. The van der Waals surface area contributed by atoms with Crippen LogP contribution in [0.15, 0.2) is 85.2 Å². The van der Waals surface area contributed by atoms with Crippen LogP contribution in [0.3, 0.4) is 0 Å². The van der Waals surface area contributed by atoms with E-state index in [1.165, 1.54) is 46.5 Å². The molecule has 0 spiro atoms. The van der Waals surface area contributed by atoms with E-state index in [-0.39, 0.29) is 23.0 Å². The Hall–Kier alpha value is -3.39. The molecule has 2 aliphatic carbocycles. The zero-order chi connectivity index (χ0) is 26.7. The number of fused-ring (bicyclic) bond motifs is 3. The van der Waals surface area contributed by atoms with Gasteiger partial charge >= 0.3 is 0 Å². The molecule has 210 valence electrons. The van der Waals surface area contributed by atoms with Crippen LogP contribution in [0, 0.1) is 0 Å². The Morgan fingerprint density at radius 3 is 2.27 bits per heavy atom. The zero-order valence-corrected chi connectivity index (χ0v) is 25.0. The topological polar surface area (TPSA) is 69.7 Å². The van der Waals surface area contributed by atoms with Crippen molar-refractivity contribution in [1.82, 2.24) is 30.2 Å². The number of aromatic nitrogens is 4. The lowest BCUT2D eigenvalue weighted by Gasteiger charge is -2.34. The van der Waals surface area contributed by atoms with Crippen LogP contribution < -0.4 is 5.32 Å². The third-order valence-corrected chi connectivity index (χ3v) is 8.55. The summed E-state index contributed by atoms with van der Waals surface area (Å²) in [7, 11) is 0. The van der Waals surface area contributed by atoms with Crippen molar-refractivity contribution in [2.24, 2.45) is 0 Å². The van der Waals surface area contributed by atoms with Gasteiger partial charge in [0.1, 0.15) is 5.82 Å². The van der Waals surface area contributed by atoms with Gasteiger partial charge in [0.05, 0.1) is 41.0 Å². The van der Waals surface area contributed by atoms with Gasteiger partial charge in [-0.05, 0) is 85.0 Å². The fourth-order valence-corrected chi connectivity index (χ4v) is 6.54. The molecule has 2 unspecified atom stereocenters. The largest absolute Gasteiger partial charge is 0.341 e. The highest BCUT2D eigenvalue weighted by atomic mass is 79.9. The number of aryl methyl sites for hydroxylation is 2. The molecule has 0 saturated heterocycles. The fourth-order valence-electron chi connectivity index (χ4n) is 6.54. The first-order valence-electron chi connectivity index (χ1n) is 14.7. The Bertz CT molecular complexity index is 1560. The van der Waals surface area contributed by atoms with Gasteiger partial charge in [-0.2, -0.15) is 0 Å². The van der Waals surface area contributed by atoms with Crippen molar-refractivity contribution >= 4 is 28.0 Å². The van der Waals surface area contributed by atoms with Crippen molar-refractivity contribution in [3.05, 3.63) is 125 Å². The summed E-state index contributed by atoms with van der Waals surface area (Å²) < 4.78 is 0. The number of pyridine rings is 2. The molecule has 41 heavy (non-hydrogen) atoms. The predicted octanol–water partition coefficient (Wildman–Crippen LogP) is 7.18. The third kappa shape index (κ3) is 6.13. The van der Waals surface area contributed by atoms with Gasteiger partial charge in [0.25, 0.3) is 0 Å². The smallest absolute Gasteiger partial charge is 0.121 e. The van der Waals surface area contributed by atoms with Crippen LogP contribution in [-0.4, -0.2) is 24.8 Å². The fraction of sp³-hybridized carbons (Fsp3) is 0.324. The number of para-hydroxylation sites is 2. The molecule has 7 heteroatoms. The number of nitrogens with zero attached hydrogens (tertiary/aromatic N) is 4.